The lowest BCUT2D eigenvalue weighted by molar-refractivity contribution is 0.411. The summed E-state index contributed by atoms with van der Waals surface area (Å²) in [5, 5.41) is 0. The van der Waals surface area contributed by atoms with Gasteiger partial charge in [-0.25, -0.2) is 0 Å². The van der Waals surface area contributed by atoms with E-state index in [4.69, 9.17) is 4.74 Å². The van der Waals surface area contributed by atoms with E-state index in [0.717, 1.165) is 11.3 Å². The molecule has 0 atom stereocenters. The Kier molecular flexibility index (Phi) is 2.26. The molecule has 0 saturated carbocycles. The summed E-state index contributed by atoms with van der Waals surface area (Å²) in [7, 11) is 1.66. The second-order valence-corrected chi connectivity index (χ2v) is 1.91. The molecular formula is C8H10NO. The average Bonchev–Trinajstić information content (AvgIpc) is 2.04. The number of hydrogen-bond acceptors (Lipinski definition) is 2. The molecule has 0 aliphatic heterocycles. The van der Waals surface area contributed by atoms with Crippen molar-refractivity contribution in [3.05, 3.63) is 30.4 Å². The summed E-state index contributed by atoms with van der Waals surface area (Å²) in [6, 6.07) is 1.84. The van der Waals surface area contributed by atoms with Gasteiger partial charge in [-0.15, -0.1) is 0 Å². The van der Waals surface area contributed by atoms with Crippen LogP contribution in [0.25, 0.3) is 0 Å². The largest absolute Gasteiger partial charge is 0.496 e. The number of methoxy groups -OCH3 is 1. The first-order valence-corrected chi connectivity index (χ1v) is 3.16. The van der Waals surface area contributed by atoms with Crippen LogP contribution in [0.2, 0.25) is 0 Å². The lowest BCUT2D eigenvalue weighted by Crippen LogP contribution is -1.88. The molecule has 0 aliphatic rings. The highest BCUT2D eigenvalue weighted by atomic mass is 16.5. The van der Waals surface area contributed by atoms with E-state index >= 15 is 0 Å². The second-order valence-electron chi connectivity index (χ2n) is 1.91. The predicted molar refractivity (Wildman–Crippen MR) is 39.9 cm³/mol. The lowest BCUT2D eigenvalue weighted by atomic mass is 10.2. The van der Waals surface area contributed by atoms with Gasteiger partial charge >= 0.3 is 0 Å². The van der Waals surface area contributed by atoms with E-state index in [0.29, 0.717) is 0 Å². The zero-order chi connectivity index (χ0) is 7.40. The number of aromatic nitrogens is 1. The van der Waals surface area contributed by atoms with E-state index < -0.39 is 0 Å². The van der Waals surface area contributed by atoms with Crippen molar-refractivity contribution in [2.45, 2.75) is 6.92 Å². The molecule has 1 heterocycles. The zero-order valence-electron chi connectivity index (χ0n) is 6.16. The number of rotatable bonds is 2. The smallest absolute Gasteiger partial charge is 0.125 e. The summed E-state index contributed by atoms with van der Waals surface area (Å²) < 4.78 is 5.06. The van der Waals surface area contributed by atoms with E-state index in [1.54, 1.807) is 19.5 Å². The van der Waals surface area contributed by atoms with Crippen LogP contribution in [0.3, 0.4) is 0 Å². The van der Waals surface area contributed by atoms with Crippen LogP contribution < -0.4 is 4.74 Å². The van der Waals surface area contributed by atoms with Crippen LogP contribution in [0, 0.1) is 6.42 Å². The Morgan fingerprint density at radius 1 is 1.60 bits per heavy atom. The third-order valence-electron chi connectivity index (χ3n) is 1.34. The van der Waals surface area contributed by atoms with E-state index in [2.05, 4.69) is 4.98 Å². The Morgan fingerprint density at radius 2 is 2.40 bits per heavy atom. The molecule has 0 fully saturated rings. The topological polar surface area (TPSA) is 22.1 Å². The van der Waals surface area contributed by atoms with Crippen LogP contribution in [0.15, 0.2) is 18.5 Å². The number of ether oxygens (including phenoxy) is 1. The van der Waals surface area contributed by atoms with Crippen LogP contribution in [0.4, 0.5) is 0 Å². The van der Waals surface area contributed by atoms with E-state index in [1.165, 1.54) is 0 Å². The fourth-order valence-corrected chi connectivity index (χ4v) is 0.797. The van der Waals surface area contributed by atoms with Crippen molar-refractivity contribution in [2.24, 2.45) is 0 Å². The highest BCUT2D eigenvalue weighted by Gasteiger charge is 1.96. The maximum atomic E-state index is 5.06. The van der Waals surface area contributed by atoms with Gasteiger partial charge in [0, 0.05) is 18.0 Å². The van der Waals surface area contributed by atoms with Crippen LogP contribution >= 0.6 is 0 Å². The molecule has 1 rings (SSSR count). The fraction of sp³-hybridized carbons (Fsp3) is 0.250. The van der Waals surface area contributed by atoms with Gasteiger partial charge < -0.3 is 4.74 Å². The van der Waals surface area contributed by atoms with Gasteiger partial charge in [0.05, 0.1) is 7.11 Å². The van der Waals surface area contributed by atoms with Gasteiger partial charge in [0.25, 0.3) is 0 Å². The Bertz CT molecular complexity index is 187. The van der Waals surface area contributed by atoms with Gasteiger partial charge in [-0.2, -0.15) is 0 Å². The van der Waals surface area contributed by atoms with E-state index in [1.807, 2.05) is 19.4 Å². The van der Waals surface area contributed by atoms with Gasteiger partial charge in [-0.05, 0) is 12.5 Å². The molecule has 0 N–H and O–H groups in total. The predicted octanol–water partition coefficient (Wildman–Crippen LogP) is 1.66. The first-order chi connectivity index (χ1) is 4.88. The number of pyridine rings is 1. The fourth-order valence-electron chi connectivity index (χ4n) is 0.797. The molecule has 2 nitrogen and oxygen atoms in total. The molecule has 1 radical (unpaired) electrons. The molecule has 0 aliphatic carbocycles. The SMILES string of the molecule is C[CH]c1cnccc1OC. The van der Waals surface area contributed by atoms with Crippen LogP contribution in [0.1, 0.15) is 12.5 Å². The van der Waals surface area contributed by atoms with Crippen LogP contribution in [-0.4, -0.2) is 12.1 Å². The Labute approximate surface area is 60.9 Å². The molecule has 0 bridgehead atoms. The second kappa shape index (κ2) is 3.20. The minimum atomic E-state index is 0.873. The minimum absolute atomic E-state index is 0.873. The molecular weight excluding hydrogens is 126 g/mol. The summed E-state index contributed by atoms with van der Waals surface area (Å²) in [4.78, 5) is 3.95. The third-order valence-corrected chi connectivity index (χ3v) is 1.34. The van der Waals surface area contributed by atoms with Crippen molar-refractivity contribution in [1.29, 1.82) is 0 Å². The Morgan fingerprint density at radius 3 is 2.90 bits per heavy atom. The van der Waals surface area contributed by atoms with Gasteiger partial charge in [0.15, 0.2) is 0 Å². The summed E-state index contributed by atoms with van der Waals surface area (Å²) in [6.45, 7) is 1.96. The van der Waals surface area contributed by atoms with Crippen molar-refractivity contribution in [2.75, 3.05) is 7.11 Å². The minimum Gasteiger partial charge on any atom is -0.496 e. The first kappa shape index (κ1) is 7.06. The summed E-state index contributed by atoms with van der Waals surface area (Å²) >= 11 is 0. The first-order valence-electron chi connectivity index (χ1n) is 3.16. The molecule has 0 unspecified atom stereocenters. The number of nitrogens with zero attached hydrogens (tertiary/aromatic N) is 1. The monoisotopic (exact) mass is 136 g/mol. The average molecular weight is 136 g/mol. The molecule has 0 spiro atoms. The van der Waals surface area contributed by atoms with Crippen molar-refractivity contribution in [3.63, 3.8) is 0 Å². The Balaban J connectivity index is 2.96. The highest BCUT2D eigenvalue weighted by molar-refractivity contribution is 5.34. The molecule has 1 aromatic rings. The van der Waals surface area contributed by atoms with Gasteiger partial charge in [-0.1, -0.05) is 6.92 Å². The third kappa shape index (κ3) is 1.26. The lowest BCUT2D eigenvalue weighted by Gasteiger charge is -2.02. The molecule has 1 aromatic heterocycles. The van der Waals surface area contributed by atoms with Crippen LogP contribution in [-0.2, 0) is 0 Å². The van der Waals surface area contributed by atoms with E-state index in [-0.39, 0.29) is 0 Å². The van der Waals surface area contributed by atoms with Crippen molar-refractivity contribution < 1.29 is 4.74 Å². The molecule has 0 saturated heterocycles. The van der Waals surface area contributed by atoms with Crippen molar-refractivity contribution in [1.82, 2.24) is 4.98 Å². The highest BCUT2D eigenvalue weighted by Crippen LogP contribution is 2.16. The molecule has 0 amide bonds. The molecule has 2 heteroatoms. The number of hydrogen-bond donors (Lipinski definition) is 0. The van der Waals surface area contributed by atoms with Crippen LogP contribution in [0.5, 0.6) is 5.75 Å². The van der Waals surface area contributed by atoms with Crippen molar-refractivity contribution >= 4 is 0 Å². The summed E-state index contributed by atoms with van der Waals surface area (Å²) in [5.41, 5.74) is 1.03. The van der Waals surface area contributed by atoms with Gasteiger partial charge in [0.1, 0.15) is 5.75 Å². The molecule has 53 valence electrons. The normalized spacial score (nSPS) is 9.40. The van der Waals surface area contributed by atoms with Gasteiger partial charge in [0.2, 0.25) is 0 Å². The quantitative estimate of drug-likeness (QED) is 0.616. The summed E-state index contributed by atoms with van der Waals surface area (Å²) in [5.74, 6) is 0.873. The summed E-state index contributed by atoms with van der Waals surface area (Å²) in [6.07, 6.45) is 5.45. The standard InChI is InChI=1S/C8H10NO/c1-3-7-6-9-5-4-8(7)10-2/h3-6H,1-2H3. The zero-order valence-corrected chi connectivity index (χ0v) is 6.16. The maximum Gasteiger partial charge on any atom is 0.125 e. The molecule has 0 aromatic carbocycles. The molecule has 10 heavy (non-hydrogen) atoms. The van der Waals surface area contributed by atoms with Crippen molar-refractivity contribution in [3.8, 4) is 5.75 Å². The Hall–Kier alpha value is -1.05. The van der Waals surface area contributed by atoms with Gasteiger partial charge in [-0.3, -0.25) is 4.98 Å². The van der Waals surface area contributed by atoms with E-state index in [9.17, 15) is 0 Å². The maximum absolute atomic E-state index is 5.06.